The maximum atomic E-state index is 11.9. The molecule has 2 rings (SSSR count). The van der Waals surface area contributed by atoms with Gasteiger partial charge in [0.1, 0.15) is 6.10 Å². The Morgan fingerprint density at radius 2 is 2.18 bits per heavy atom. The van der Waals surface area contributed by atoms with Crippen LogP contribution in [-0.2, 0) is 14.3 Å². The quantitative estimate of drug-likeness (QED) is 0.670. The Hall–Kier alpha value is -1.14. The standard InChI is InChI=1S/C11H19N3O3/c1-13(8-2-3-8)10(15)7-14-4-5-17-9(6-14)11(12)16/h8-9H,2-7H2,1H3,(H2,12,16). The Balaban J connectivity index is 1.81. The Labute approximate surface area is 101 Å². The van der Waals surface area contributed by atoms with Gasteiger partial charge in [0.15, 0.2) is 0 Å². The highest BCUT2D eigenvalue weighted by atomic mass is 16.5. The number of primary amides is 1. The third-order valence-electron chi connectivity index (χ3n) is 3.31. The topological polar surface area (TPSA) is 75.9 Å². The first-order chi connectivity index (χ1) is 8.08. The van der Waals surface area contributed by atoms with Gasteiger partial charge in [0.2, 0.25) is 11.8 Å². The van der Waals surface area contributed by atoms with Gasteiger partial charge >= 0.3 is 0 Å². The van der Waals surface area contributed by atoms with Crippen LogP contribution in [0.5, 0.6) is 0 Å². The minimum absolute atomic E-state index is 0.109. The SMILES string of the molecule is CN(C(=O)CN1CCOC(C(N)=O)C1)C1CC1. The fraction of sp³-hybridized carbons (Fsp3) is 0.818. The Morgan fingerprint density at radius 1 is 1.47 bits per heavy atom. The van der Waals surface area contributed by atoms with Crippen LogP contribution in [0.3, 0.4) is 0 Å². The van der Waals surface area contributed by atoms with Crippen molar-refractivity contribution >= 4 is 11.8 Å². The van der Waals surface area contributed by atoms with Crippen molar-refractivity contribution in [1.29, 1.82) is 0 Å². The number of likely N-dealkylation sites (N-methyl/N-ethyl adjacent to an activating group) is 1. The third kappa shape index (κ3) is 3.17. The summed E-state index contributed by atoms with van der Waals surface area (Å²) in [5.41, 5.74) is 5.19. The number of nitrogens with zero attached hydrogens (tertiary/aromatic N) is 2. The zero-order valence-electron chi connectivity index (χ0n) is 10.1. The van der Waals surface area contributed by atoms with Crippen LogP contribution in [0.1, 0.15) is 12.8 Å². The van der Waals surface area contributed by atoms with Gasteiger partial charge in [0, 0.05) is 26.2 Å². The van der Waals surface area contributed by atoms with Gasteiger partial charge in [-0.05, 0) is 12.8 Å². The first-order valence-corrected chi connectivity index (χ1v) is 5.97. The average Bonchev–Trinajstić information content (AvgIpc) is 3.12. The number of morpholine rings is 1. The minimum atomic E-state index is -0.581. The van der Waals surface area contributed by atoms with Gasteiger partial charge < -0.3 is 15.4 Å². The third-order valence-corrected chi connectivity index (χ3v) is 3.31. The molecule has 17 heavy (non-hydrogen) atoms. The smallest absolute Gasteiger partial charge is 0.247 e. The Bertz CT molecular complexity index is 317. The number of hydrogen-bond donors (Lipinski definition) is 1. The molecule has 2 aliphatic rings. The highest BCUT2D eigenvalue weighted by molar-refractivity contribution is 5.80. The lowest BCUT2D eigenvalue weighted by atomic mass is 10.2. The lowest BCUT2D eigenvalue weighted by Crippen LogP contribution is -2.51. The van der Waals surface area contributed by atoms with Gasteiger partial charge in [-0.2, -0.15) is 0 Å². The molecule has 2 fully saturated rings. The molecule has 0 bridgehead atoms. The zero-order valence-corrected chi connectivity index (χ0v) is 10.1. The average molecular weight is 241 g/mol. The molecule has 2 N–H and O–H groups in total. The van der Waals surface area contributed by atoms with Crippen molar-refractivity contribution in [2.75, 3.05) is 33.3 Å². The summed E-state index contributed by atoms with van der Waals surface area (Å²) >= 11 is 0. The molecule has 96 valence electrons. The van der Waals surface area contributed by atoms with E-state index < -0.39 is 12.0 Å². The molecule has 1 saturated carbocycles. The van der Waals surface area contributed by atoms with Gasteiger partial charge in [0.25, 0.3) is 0 Å². The largest absolute Gasteiger partial charge is 0.367 e. The Kier molecular flexibility index (Phi) is 3.63. The van der Waals surface area contributed by atoms with Crippen LogP contribution >= 0.6 is 0 Å². The summed E-state index contributed by atoms with van der Waals surface area (Å²) in [4.78, 5) is 26.6. The molecule has 1 unspecified atom stereocenters. The first kappa shape index (κ1) is 12.3. The van der Waals surface area contributed by atoms with E-state index in [4.69, 9.17) is 10.5 Å². The number of amides is 2. The normalized spacial score (nSPS) is 25.6. The number of ether oxygens (including phenoxy) is 1. The van der Waals surface area contributed by atoms with Gasteiger partial charge in [-0.1, -0.05) is 0 Å². The monoisotopic (exact) mass is 241 g/mol. The molecular weight excluding hydrogens is 222 g/mol. The fourth-order valence-electron chi connectivity index (χ4n) is 1.99. The summed E-state index contributed by atoms with van der Waals surface area (Å²) in [7, 11) is 1.84. The van der Waals surface area contributed by atoms with E-state index in [1.165, 1.54) is 0 Å². The second-order valence-electron chi connectivity index (χ2n) is 4.73. The molecule has 6 nitrogen and oxygen atoms in total. The van der Waals surface area contributed by atoms with Crippen molar-refractivity contribution in [3.63, 3.8) is 0 Å². The second kappa shape index (κ2) is 5.01. The summed E-state index contributed by atoms with van der Waals surface area (Å²) in [5.74, 6) is -0.352. The van der Waals surface area contributed by atoms with Crippen LogP contribution in [0.25, 0.3) is 0 Å². The summed E-state index contributed by atoms with van der Waals surface area (Å²) in [6, 6.07) is 0.426. The molecule has 1 atom stereocenters. The van der Waals surface area contributed by atoms with Crippen LogP contribution in [-0.4, -0.2) is 67.0 Å². The maximum Gasteiger partial charge on any atom is 0.247 e. The lowest BCUT2D eigenvalue weighted by molar-refractivity contribution is -0.140. The molecule has 0 spiro atoms. The molecule has 0 radical (unpaired) electrons. The zero-order chi connectivity index (χ0) is 12.4. The van der Waals surface area contributed by atoms with E-state index in [9.17, 15) is 9.59 Å². The van der Waals surface area contributed by atoms with Crippen LogP contribution in [0, 0.1) is 0 Å². The molecule has 0 aromatic heterocycles. The van der Waals surface area contributed by atoms with Crippen molar-refractivity contribution in [1.82, 2.24) is 9.80 Å². The number of nitrogens with two attached hydrogens (primary N) is 1. The van der Waals surface area contributed by atoms with Gasteiger partial charge in [-0.3, -0.25) is 14.5 Å². The maximum absolute atomic E-state index is 11.9. The van der Waals surface area contributed by atoms with Crippen molar-refractivity contribution < 1.29 is 14.3 Å². The van der Waals surface area contributed by atoms with Crippen molar-refractivity contribution in [2.24, 2.45) is 5.73 Å². The summed E-state index contributed by atoms with van der Waals surface area (Å²) in [5, 5.41) is 0. The van der Waals surface area contributed by atoms with Gasteiger partial charge in [-0.15, -0.1) is 0 Å². The van der Waals surface area contributed by atoms with E-state index in [2.05, 4.69) is 0 Å². The fourth-order valence-corrected chi connectivity index (χ4v) is 1.99. The lowest BCUT2D eigenvalue weighted by Gasteiger charge is -2.31. The summed E-state index contributed by atoms with van der Waals surface area (Å²) < 4.78 is 5.23. The van der Waals surface area contributed by atoms with Crippen molar-refractivity contribution in [3.8, 4) is 0 Å². The molecule has 1 saturated heterocycles. The molecule has 2 amide bonds. The van der Waals surface area contributed by atoms with Crippen LogP contribution in [0.2, 0.25) is 0 Å². The minimum Gasteiger partial charge on any atom is -0.367 e. The molecular formula is C11H19N3O3. The molecule has 0 aromatic carbocycles. The van der Waals surface area contributed by atoms with Crippen LogP contribution in [0.4, 0.5) is 0 Å². The van der Waals surface area contributed by atoms with E-state index in [0.29, 0.717) is 32.3 Å². The summed E-state index contributed by atoms with van der Waals surface area (Å²) in [6.07, 6.45) is 1.63. The van der Waals surface area contributed by atoms with Gasteiger partial charge in [0.05, 0.1) is 13.2 Å². The number of hydrogen-bond acceptors (Lipinski definition) is 4. The number of carbonyl (C=O) groups excluding carboxylic acids is 2. The van der Waals surface area contributed by atoms with E-state index in [-0.39, 0.29) is 5.91 Å². The molecule has 1 aliphatic heterocycles. The molecule has 0 aromatic rings. The summed E-state index contributed by atoms with van der Waals surface area (Å²) in [6.45, 7) is 1.89. The van der Waals surface area contributed by atoms with E-state index in [0.717, 1.165) is 12.8 Å². The van der Waals surface area contributed by atoms with Crippen molar-refractivity contribution in [2.45, 2.75) is 25.0 Å². The Morgan fingerprint density at radius 3 is 2.76 bits per heavy atom. The molecule has 6 heteroatoms. The van der Waals surface area contributed by atoms with Gasteiger partial charge in [-0.25, -0.2) is 0 Å². The first-order valence-electron chi connectivity index (χ1n) is 5.97. The predicted molar refractivity (Wildman–Crippen MR) is 61.2 cm³/mol. The van der Waals surface area contributed by atoms with Crippen LogP contribution < -0.4 is 5.73 Å². The van der Waals surface area contributed by atoms with Crippen LogP contribution in [0.15, 0.2) is 0 Å². The van der Waals surface area contributed by atoms with E-state index in [1.54, 1.807) is 4.90 Å². The van der Waals surface area contributed by atoms with E-state index in [1.807, 2.05) is 11.9 Å². The predicted octanol–water partition coefficient (Wildman–Crippen LogP) is -1.21. The number of rotatable bonds is 4. The number of carbonyl (C=O) groups is 2. The molecule has 1 aliphatic carbocycles. The second-order valence-corrected chi connectivity index (χ2v) is 4.73. The van der Waals surface area contributed by atoms with Crippen molar-refractivity contribution in [3.05, 3.63) is 0 Å². The highest BCUT2D eigenvalue weighted by Crippen LogP contribution is 2.25. The highest BCUT2D eigenvalue weighted by Gasteiger charge is 2.32. The van der Waals surface area contributed by atoms with E-state index >= 15 is 0 Å². The molecule has 1 heterocycles.